The number of benzene rings is 1. The minimum Gasteiger partial charge on any atom is -0.450 e. The number of nitrogens with one attached hydrogen (secondary N) is 1. The van der Waals surface area contributed by atoms with Gasteiger partial charge in [0.15, 0.2) is 0 Å². The molecule has 0 aromatic heterocycles. The molecule has 1 N–H and O–H groups in total. The molecule has 0 spiro atoms. The first kappa shape index (κ1) is 15.3. The van der Waals surface area contributed by atoms with Crippen molar-refractivity contribution in [1.29, 1.82) is 0 Å². The van der Waals surface area contributed by atoms with E-state index < -0.39 is 16.1 Å². The molecule has 0 heterocycles. The average Bonchev–Trinajstić information content (AvgIpc) is 2.39. The van der Waals surface area contributed by atoms with Crippen LogP contribution in [-0.2, 0) is 14.8 Å². The average molecular weight is 286 g/mol. The number of nitrogens with zero attached hydrogens (tertiary/aromatic N) is 1. The summed E-state index contributed by atoms with van der Waals surface area (Å²) in [6.45, 7) is 1.94. The van der Waals surface area contributed by atoms with E-state index in [0.29, 0.717) is 5.69 Å². The third kappa shape index (κ3) is 4.78. The summed E-state index contributed by atoms with van der Waals surface area (Å²) in [5, 5.41) is 2.38. The molecular formula is C12H18N2O4S. The van der Waals surface area contributed by atoms with Crippen LogP contribution in [0, 0.1) is 0 Å². The van der Waals surface area contributed by atoms with Crippen molar-refractivity contribution in [2.75, 3.05) is 30.3 Å². The monoisotopic (exact) mass is 286 g/mol. The van der Waals surface area contributed by atoms with E-state index in [1.807, 2.05) is 6.07 Å². The number of anilines is 1. The predicted molar refractivity (Wildman–Crippen MR) is 73.7 cm³/mol. The second kappa shape index (κ2) is 6.98. The maximum absolute atomic E-state index is 12.0. The molecule has 1 aromatic carbocycles. The number of rotatable bonds is 6. The summed E-state index contributed by atoms with van der Waals surface area (Å²) in [4.78, 5) is 11.0. The highest BCUT2D eigenvalue weighted by molar-refractivity contribution is 7.92. The van der Waals surface area contributed by atoms with Gasteiger partial charge in [-0.3, -0.25) is 4.31 Å². The molecule has 7 heteroatoms. The number of carbonyl (C=O) groups is 1. The lowest BCUT2D eigenvalue weighted by molar-refractivity contribution is 0.153. The van der Waals surface area contributed by atoms with Crippen LogP contribution in [0.1, 0.15) is 6.92 Å². The Morgan fingerprint density at radius 2 is 1.95 bits per heavy atom. The number of hydrogen-bond acceptors (Lipinski definition) is 4. The number of sulfonamides is 1. The van der Waals surface area contributed by atoms with E-state index >= 15 is 0 Å². The number of amides is 1. The molecule has 0 fully saturated rings. The van der Waals surface area contributed by atoms with Gasteiger partial charge in [0, 0.05) is 13.6 Å². The molecule has 0 saturated heterocycles. The van der Waals surface area contributed by atoms with Gasteiger partial charge in [0.1, 0.15) is 0 Å². The first-order valence-corrected chi connectivity index (χ1v) is 7.50. The molecule has 0 atom stereocenters. The fraction of sp³-hybridized carbons (Fsp3) is 0.417. The lowest BCUT2D eigenvalue weighted by Gasteiger charge is -2.19. The van der Waals surface area contributed by atoms with Crippen LogP contribution in [-0.4, -0.2) is 40.5 Å². The largest absolute Gasteiger partial charge is 0.450 e. The molecular weight excluding hydrogens is 268 g/mol. The topological polar surface area (TPSA) is 75.7 Å². The van der Waals surface area contributed by atoms with Crippen LogP contribution in [0.25, 0.3) is 0 Å². The van der Waals surface area contributed by atoms with Crippen LogP contribution < -0.4 is 9.62 Å². The Kier molecular flexibility index (Phi) is 5.62. The Balaban J connectivity index is 2.55. The summed E-state index contributed by atoms with van der Waals surface area (Å²) in [5.74, 6) is -0.183. The molecule has 0 aliphatic carbocycles. The van der Waals surface area contributed by atoms with Gasteiger partial charge in [-0.15, -0.1) is 0 Å². The predicted octanol–water partition coefficient (Wildman–Crippen LogP) is 1.20. The van der Waals surface area contributed by atoms with Crippen molar-refractivity contribution < 1.29 is 17.9 Å². The molecule has 0 aliphatic rings. The standard InChI is InChI=1S/C12H18N2O4S/c1-3-18-12(15)13-9-10-19(16,17)14(2)11-7-5-4-6-8-11/h4-8H,3,9-10H2,1-2H3,(H,13,15). The van der Waals surface area contributed by atoms with Crippen molar-refractivity contribution >= 4 is 21.8 Å². The quantitative estimate of drug-likeness (QED) is 0.852. The first-order valence-electron chi connectivity index (χ1n) is 5.89. The Hall–Kier alpha value is -1.76. The number of alkyl carbamates (subject to hydrolysis) is 1. The molecule has 19 heavy (non-hydrogen) atoms. The SMILES string of the molecule is CCOC(=O)NCCS(=O)(=O)N(C)c1ccccc1. The number of ether oxygens (including phenoxy) is 1. The molecule has 6 nitrogen and oxygen atoms in total. The van der Waals surface area contributed by atoms with Gasteiger partial charge < -0.3 is 10.1 Å². The highest BCUT2D eigenvalue weighted by Gasteiger charge is 2.18. The van der Waals surface area contributed by atoms with Crippen LogP contribution in [0.3, 0.4) is 0 Å². The molecule has 1 aromatic rings. The molecule has 0 saturated carbocycles. The van der Waals surface area contributed by atoms with Crippen molar-refractivity contribution in [2.24, 2.45) is 0 Å². The van der Waals surface area contributed by atoms with Gasteiger partial charge in [0.25, 0.3) is 0 Å². The zero-order valence-corrected chi connectivity index (χ0v) is 11.8. The fourth-order valence-corrected chi connectivity index (χ4v) is 2.48. The molecule has 0 aliphatic heterocycles. The van der Waals surface area contributed by atoms with E-state index in [1.54, 1.807) is 31.2 Å². The van der Waals surface area contributed by atoms with Crippen molar-refractivity contribution in [2.45, 2.75) is 6.92 Å². The summed E-state index contributed by atoms with van der Waals surface area (Å²) in [6, 6.07) is 8.75. The van der Waals surface area contributed by atoms with E-state index in [4.69, 9.17) is 0 Å². The minimum absolute atomic E-state index is 0.0122. The molecule has 0 radical (unpaired) electrons. The number of para-hydroxylation sites is 1. The summed E-state index contributed by atoms with van der Waals surface area (Å²) in [7, 11) is -1.98. The third-order valence-corrected chi connectivity index (χ3v) is 4.21. The lowest BCUT2D eigenvalue weighted by Crippen LogP contribution is -2.35. The summed E-state index contributed by atoms with van der Waals surface area (Å²) in [6.07, 6.45) is -0.611. The molecule has 1 amide bonds. The molecule has 0 unspecified atom stereocenters. The van der Waals surface area contributed by atoms with Crippen LogP contribution >= 0.6 is 0 Å². The maximum Gasteiger partial charge on any atom is 0.407 e. The van der Waals surface area contributed by atoms with E-state index in [9.17, 15) is 13.2 Å². The molecule has 1 rings (SSSR count). The highest BCUT2D eigenvalue weighted by atomic mass is 32.2. The Labute approximate surface area is 113 Å². The van der Waals surface area contributed by atoms with E-state index in [0.717, 1.165) is 0 Å². The Morgan fingerprint density at radius 1 is 1.32 bits per heavy atom. The number of hydrogen-bond donors (Lipinski definition) is 1. The number of carbonyl (C=O) groups excluding carboxylic acids is 1. The highest BCUT2D eigenvalue weighted by Crippen LogP contribution is 2.14. The van der Waals surface area contributed by atoms with Crippen molar-refractivity contribution in [3.05, 3.63) is 30.3 Å². The second-order valence-electron chi connectivity index (χ2n) is 3.77. The van der Waals surface area contributed by atoms with Gasteiger partial charge >= 0.3 is 6.09 Å². The van der Waals surface area contributed by atoms with Gasteiger partial charge in [-0.05, 0) is 19.1 Å². The van der Waals surface area contributed by atoms with Gasteiger partial charge in [0.2, 0.25) is 10.0 Å². The van der Waals surface area contributed by atoms with Crippen LogP contribution in [0.4, 0.5) is 10.5 Å². The summed E-state index contributed by atoms with van der Waals surface area (Å²) < 4.78 is 29.8. The van der Waals surface area contributed by atoms with Gasteiger partial charge in [-0.2, -0.15) is 0 Å². The summed E-state index contributed by atoms with van der Waals surface area (Å²) in [5.41, 5.74) is 0.582. The van der Waals surface area contributed by atoms with Gasteiger partial charge in [-0.25, -0.2) is 13.2 Å². The zero-order valence-electron chi connectivity index (χ0n) is 11.0. The van der Waals surface area contributed by atoms with Crippen molar-refractivity contribution in [3.8, 4) is 0 Å². The van der Waals surface area contributed by atoms with Gasteiger partial charge in [-0.1, -0.05) is 18.2 Å². The second-order valence-corrected chi connectivity index (χ2v) is 5.89. The van der Waals surface area contributed by atoms with Crippen LogP contribution in [0.15, 0.2) is 30.3 Å². The Bertz CT molecular complexity index is 502. The fourth-order valence-electron chi connectivity index (χ4n) is 1.40. The summed E-state index contributed by atoms with van der Waals surface area (Å²) >= 11 is 0. The molecule has 0 bridgehead atoms. The van der Waals surface area contributed by atoms with Crippen molar-refractivity contribution in [3.63, 3.8) is 0 Å². The maximum atomic E-state index is 12.0. The van der Waals surface area contributed by atoms with Crippen LogP contribution in [0.2, 0.25) is 0 Å². The van der Waals surface area contributed by atoms with E-state index in [2.05, 4.69) is 10.1 Å². The smallest absolute Gasteiger partial charge is 0.407 e. The van der Waals surface area contributed by atoms with E-state index in [-0.39, 0.29) is 18.9 Å². The molecule has 106 valence electrons. The van der Waals surface area contributed by atoms with Crippen LogP contribution in [0.5, 0.6) is 0 Å². The first-order chi connectivity index (χ1) is 8.97. The third-order valence-electron chi connectivity index (χ3n) is 2.44. The van der Waals surface area contributed by atoms with Crippen molar-refractivity contribution in [1.82, 2.24) is 5.32 Å². The Morgan fingerprint density at radius 3 is 2.53 bits per heavy atom. The van der Waals surface area contributed by atoms with E-state index in [1.165, 1.54) is 11.4 Å². The normalized spacial score (nSPS) is 10.8. The lowest BCUT2D eigenvalue weighted by atomic mass is 10.3. The van der Waals surface area contributed by atoms with Gasteiger partial charge in [0.05, 0.1) is 18.0 Å². The zero-order chi connectivity index (χ0) is 14.3. The minimum atomic E-state index is -3.46.